The summed E-state index contributed by atoms with van der Waals surface area (Å²) in [6.07, 6.45) is 3.33. The van der Waals surface area contributed by atoms with Crippen molar-refractivity contribution in [3.05, 3.63) is 29.8 Å². The number of thiazole rings is 1. The molecule has 1 heterocycles. The van der Waals surface area contributed by atoms with E-state index in [1.807, 2.05) is 13.8 Å². The summed E-state index contributed by atoms with van der Waals surface area (Å²) in [7, 11) is -3.26. The summed E-state index contributed by atoms with van der Waals surface area (Å²) in [5, 5.41) is 3.40. The summed E-state index contributed by atoms with van der Waals surface area (Å²) in [5.41, 5.74) is 1.84. The lowest BCUT2D eigenvalue weighted by atomic mass is 10.1. The predicted molar refractivity (Wildman–Crippen MR) is 102 cm³/mol. The third-order valence-corrected chi connectivity index (χ3v) is 6.77. The molecule has 1 saturated carbocycles. The van der Waals surface area contributed by atoms with Crippen LogP contribution < -0.4 is 5.32 Å². The number of hydrogen-bond donors (Lipinski definition) is 1. The second kappa shape index (κ2) is 5.92. The molecule has 0 spiro atoms. The zero-order valence-electron chi connectivity index (χ0n) is 15.0. The summed E-state index contributed by atoms with van der Waals surface area (Å²) < 4.78 is 24.1. The molecule has 134 valence electrons. The minimum atomic E-state index is -3.26. The van der Waals surface area contributed by atoms with Gasteiger partial charge in [0.25, 0.3) is 0 Å². The lowest BCUT2D eigenvalue weighted by Gasteiger charge is -2.02. The number of allylic oxidation sites excluding steroid dienone is 2. The van der Waals surface area contributed by atoms with Crippen molar-refractivity contribution < 1.29 is 13.2 Å². The molecule has 0 unspecified atom stereocenters. The zero-order valence-corrected chi connectivity index (χ0v) is 16.6. The second-order valence-electron chi connectivity index (χ2n) is 7.48. The monoisotopic (exact) mass is 378 g/mol. The van der Waals surface area contributed by atoms with Crippen LogP contribution in [0.15, 0.2) is 34.7 Å². The molecule has 0 bridgehead atoms. The molecule has 1 N–H and O–H groups in total. The number of nitrogens with one attached hydrogen (secondary N) is 1. The highest BCUT2D eigenvalue weighted by molar-refractivity contribution is 7.90. The topological polar surface area (TPSA) is 76.1 Å². The van der Waals surface area contributed by atoms with Gasteiger partial charge in [-0.3, -0.25) is 4.79 Å². The largest absolute Gasteiger partial charge is 0.302 e. The van der Waals surface area contributed by atoms with Gasteiger partial charge in [0.1, 0.15) is 0 Å². The van der Waals surface area contributed by atoms with E-state index in [0.29, 0.717) is 10.6 Å². The van der Waals surface area contributed by atoms with Gasteiger partial charge in [0, 0.05) is 6.26 Å². The van der Waals surface area contributed by atoms with Crippen molar-refractivity contribution in [2.24, 2.45) is 17.3 Å². The lowest BCUT2D eigenvalue weighted by Crippen LogP contribution is -2.16. The van der Waals surface area contributed by atoms with Gasteiger partial charge in [-0.1, -0.05) is 36.8 Å². The molecule has 3 rings (SSSR count). The average Bonchev–Trinajstić information content (AvgIpc) is 2.82. The lowest BCUT2D eigenvalue weighted by molar-refractivity contribution is -0.118. The summed E-state index contributed by atoms with van der Waals surface area (Å²) >= 11 is 1.29. The molecular weight excluding hydrogens is 356 g/mol. The Balaban J connectivity index is 1.82. The Hall–Kier alpha value is -1.73. The molecule has 1 fully saturated rings. The van der Waals surface area contributed by atoms with E-state index in [1.54, 1.807) is 12.1 Å². The minimum absolute atomic E-state index is 0.0325. The standard InChI is InChI=1S/C18H22N2O3S2/c1-10(2)8-12-15(18(12,3)4)16(21)20-17-19-13-7-6-11(25(5,22)23)9-14(13)24-17/h6-9,12,15H,1-5H3,(H,19,20,21)/t12-,15+/m1/s1. The van der Waals surface area contributed by atoms with Crippen molar-refractivity contribution in [1.29, 1.82) is 0 Å². The third kappa shape index (κ3) is 3.48. The first-order chi connectivity index (χ1) is 11.5. The molecule has 0 radical (unpaired) electrons. The van der Waals surface area contributed by atoms with Crippen molar-refractivity contribution in [3.8, 4) is 0 Å². The first kappa shape index (κ1) is 18.1. The van der Waals surface area contributed by atoms with Crippen LogP contribution in [0.25, 0.3) is 10.2 Å². The molecule has 2 aromatic rings. The first-order valence-electron chi connectivity index (χ1n) is 8.06. The Morgan fingerprint density at radius 3 is 2.60 bits per heavy atom. The molecule has 1 aromatic heterocycles. The van der Waals surface area contributed by atoms with Crippen LogP contribution in [0, 0.1) is 17.3 Å². The first-order valence-corrected chi connectivity index (χ1v) is 10.8. The number of benzene rings is 1. The molecule has 25 heavy (non-hydrogen) atoms. The number of amides is 1. The fourth-order valence-electron chi connectivity index (χ4n) is 3.22. The number of anilines is 1. The van der Waals surface area contributed by atoms with Crippen molar-refractivity contribution in [2.45, 2.75) is 32.6 Å². The summed E-state index contributed by atoms with van der Waals surface area (Å²) in [6, 6.07) is 4.81. The van der Waals surface area contributed by atoms with Gasteiger partial charge < -0.3 is 5.32 Å². The molecule has 1 aliphatic carbocycles. The number of rotatable bonds is 4. The molecule has 0 aliphatic heterocycles. The smallest absolute Gasteiger partial charge is 0.230 e. The van der Waals surface area contributed by atoms with Crippen LogP contribution in [0.4, 0.5) is 5.13 Å². The maximum atomic E-state index is 12.6. The highest BCUT2D eigenvalue weighted by atomic mass is 32.2. The number of sulfone groups is 1. The van der Waals surface area contributed by atoms with E-state index in [0.717, 1.165) is 4.70 Å². The fourth-order valence-corrected chi connectivity index (χ4v) is 4.85. The normalized spacial score (nSPS) is 21.8. The second-order valence-corrected chi connectivity index (χ2v) is 10.5. The molecule has 1 amide bonds. The van der Waals surface area contributed by atoms with Crippen molar-refractivity contribution >= 4 is 42.4 Å². The Bertz CT molecular complexity index is 983. The summed E-state index contributed by atoms with van der Waals surface area (Å²) in [6.45, 7) is 8.27. The van der Waals surface area contributed by atoms with E-state index in [4.69, 9.17) is 0 Å². The van der Waals surface area contributed by atoms with Crippen LogP contribution in [0.3, 0.4) is 0 Å². The van der Waals surface area contributed by atoms with Gasteiger partial charge in [0.15, 0.2) is 15.0 Å². The number of carbonyl (C=O) groups is 1. The van der Waals surface area contributed by atoms with Gasteiger partial charge in [0.05, 0.1) is 21.0 Å². The molecule has 1 aliphatic rings. The van der Waals surface area contributed by atoms with Gasteiger partial charge in [-0.05, 0) is 43.4 Å². The van der Waals surface area contributed by atoms with E-state index >= 15 is 0 Å². The zero-order chi connectivity index (χ0) is 18.6. The van der Waals surface area contributed by atoms with Crippen LogP contribution in [0.2, 0.25) is 0 Å². The van der Waals surface area contributed by atoms with E-state index in [2.05, 4.69) is 30.2 Å². The number of hydrogen-bond acceptors (Lipinski definition) is 5. The molecule has 0 saturated heterocycles. The number of carbonyl (C=O) groups excluding carboxylic acids is 1. The molecule has 1 aromatic carbocycles. The minimum Gasteiger partial charge on any atom is -0.302 e. The van der Waals surface area contributed by atoms with Crippen LogP contribution in [0.5, 0.6) is 0 Å². The van der Waals surface area contributed by atoms with Crippen LogP contribution in [0.1, 0.15) is 27.7 Å². The van der Waals surface area contributed by atoms with Crippen molar-refractivity contribution in [2.75, 3.05) is 11.6 Å². The fraction of sp³-hybridized carbons (Fsp3) is 0.444. The SMILES string of the molecule is CC(C)=C[C@@H]1[C@@H](C(=O)Nc2nc3ccc(S(C)(=O)=O)cc3s2)C1(C)C. The van der Waals surface area contributed by atoms with Crippen molar-refractivity contribution in [1.82, 2.24) is 4.98 Å². The highest BCUT2D eigenvalue weighted by Gasteiger charge is 2.60. The van der Waals surface area contributed by atoms with E-state index in [1.165, 1.54) is 29.2 Å². The average molecular weight is 379 g/mol. The van der Waals surface area contributed by atoms with Gasteiger partial charge in [-0.2, -0.15) is 0 Å². The third-order valence-electron chi connectivity index (χ3n) is 4.72. The Labute approximate surface area is 152 Å². The summed E-state index contributed by atoms with van der Waals surface area (Å²) in [5.74, 6) is 0.139. The van der Waals surface area contributed by atoms with E-state index < -0.39 is 9.84 Å². The van der Waals surface area contributed by atoms with Crippen LogP contribution in [-0.4, -0.2) is 25.6 Å². The van der Waals surface area contributed by atoms with Gasteiger partial charge >= 0.3 is 0 Å². The van der Waals surface area contributed by atoms with Crippen molar-refractivity contribution in [3.63, 3.8) is 0 Å². The maximum Gasteiger partial charge on any atom is 0.230 e. The quantitative estimate of drug-likeness (QED) is 0.819. The van der Waals surface area contributed by atoms with Gasteiger partial charge in [-0.15, -0.1) is 0 Å². The van der Waals surface area contributed by atoms with E-state index in [-0.39, 0.29) is 28.1 Å². The molecule has 7 heteroatoms. The van der Waals surface area contributed by atoms with Crippen LogP contribution in [-0.2, 0) is 14.6 Å². The molecule has 2 atom stereocenters. The highest BCUT2D eigenvalue weighted by Crippen LogP contribution is 2.59. The van der Waals surface area contributed by atoms with Gasteiger partial charge in [0.2, 0.25) is 5.91 Å². The number of aromatic nitrogens is 1. The Morgan fingerprint density at radius 1 is 1.32 bits per heavy atom. The maximum absolute atomic E-state index is 12.6. The molecule has 5 nitrogen and oxygen atoms in total. The Morgan fingerprint density at radius 2 is 2.00 bits per heavy atom. The summed E-state index contributed by atoms with van der Waals surface area (Å²) in [4.78, 5) is 17.3. The van der Waals surface area contributed by atoms with E-state index in [9.17, 15) is 13.2 Å². The van der Waals surface area contributed by atoms with Crippen LogP contribution >= 0.6 is 11.3 Å². The van der Waals surface area contributed by atoms with Gasteiger partial charge in [-0.25, -0.2) is 13.4 Å². The molecular formula is C18H22N2O3S2. The number of fused-ring (bicyclic) bond motifs is 1. The predicted octanol–water partition coefficient (Wildman–Crippen LogP) is 3.88. The Kier molecular flexibility index (Phi) is 4.28. The number of nitrogens with zero attached hydrogens (tertiary/aromatic N) is 1.